The van der Waals surface area contributed by atoms with Crippen LogP contribution in [0.3, 0.4) is 0 Å². The van der Waals surface area contributed by atoms with Gasteiger partial charge in [-0.3, -0.25) is 0 Å². The number of aromatic nitrogens is 2. The van der Waals surface area contributed by atoms with Crippen LogP contribution in [0.1, 0.15) is 25.7 Å². The molecule has 0 spiro atoms. The van der Waals surface area contributed by atoms with Crippen LogP contribution in [0.15, 0.2) is 42.6 Å². The molecule has 2 aliphatic rings. The highest BCUT2D eigenvalue weighted by atomic mass is 16.5. The molecule has 1 atom stereocenters. The van der Waals surface area contributed by atoms with Crippen molar-refractivity contribution in [2.24, 2.45) is 5.41 Å². The summed E-state index contributed by atoms with van der Waals surface area (Å²) in [5.41, 5.74) is 0.177. The Kier molecular flexibility index (Phi) is 4.93. The molecule has 1 saturated heterocycles. The molecule has 2 heterocycles. The lowest BCUT2D eigenvalue weighted by molar-refractivity contribution is 0.154. The Hall–Kier alpha value is -2.34. The first-order chi connectivity index (χ1) is 12.7. The van der Waals surface area contributed by atoms with E-state index in [-0.39, 0.29) is 11.5 Å². The van der Waals surface area contributed by atoms with Crippen LogP contribution >= 0.6 is 0 Å². The first kappa shape index (κ1) is 17.1. The first-order valence-electron chi connectivity index (χ1n) is 9.40. The third-order valence-electron chi connectivity index (χ3n) is 5.23. The molecule has 6 nitrogen and oxygen atoms in total. The molecule has 1 saturated carbocycles. The van der Waals surface area contributed by atoms with Crippen LogP contribution in [-0.2, 0) is 0 Å². The molecule has 2 N–H and O–H groups in total. The van der Waals surface area contributed by atoms with Crippen LogP contribution in [0.5, 0.6) is 5.75 Å². The molecule has 6 heteroatoms. The van der Waals surface area contributed by atoms with Crippen molar-refractivity contribution in [1.82, 2.24) is 9.97 Å². The number of ether oxygens (including phenoxy) is 1. The average Bonchev–Trinajstić information content (AvgIpc) is 3.46. The quantitative estimate of drug-likeness (QED) is 0.797. The van der Waals surface area contributed by atoms with Crippen LogP contribution in [0.2, 0.25) is 0 Å². The molecule has 138 valence electrons. The third-order valence-corrected chi connectivity index (χ3v) is 5.23. The molecule has 1 aromatic carbocycles. The second kappa shape index (κ2) is 7.50. The van der Waals surface area contributed by atoms with Crippen LogP contribution in [0.4, 0.5) is 11.8 Å². The van der Waals surface area contributed by atoms with Crippen LogP contribution in [-0.4, -0.2) is 47.4 Å². The zero-order valence-electron chi connectivity index (χ0n) is 15.0. The zero-order valence-corrected chi connectivity index (χ0v) is 15.0. The molecule has 1 aliphatic heterocycles. The number of β-amino-alcohol motifs (C(OH)–C–C–N with tert-alkyl or cyclic N) is 1. The van der Waals surface area contributed by atoms with Crippen LogP contribution in [0, 0.1) is 5.41 Å². The van der Waals surface area contributed by atoms with E-state index in [0.717, 1.165) is 50.3 Å². The molecular formula is C20H26N4O2. The van der Waals surface area contributed by atoms with Crippen molar-refractivity contribution in [2.45, 2.75) is 31.8 Å². The summed E-state index contributed by atoms with van der Waals surface area (Å²) in [7, 11) is 0. The number of para-hydroxylation sites is 1. The van der Waals surface area contributed by atoms with Crippen molar-refractivity contribution < 1.29 is 9.84 Å². The van der Waals surface area contributed by atoms with Crippen LogP contribution in [0.25, 0.3) is 0 Å². The Morgan fingerprint density at radius 2 is 2.08 bits per heavy atom. The fraction of sp³-hybridized carbons (Fsp3) is 0.500. The van der Waals surface area contributed by atoms with Gasteiger partial charge in [-0.15, -0.1) is 0 Å². The molecular weight excluding hydrogens is 328 g/mol. The van der Waals surface area contributed by atoms with Gasteiger partial charge in [0.15, 0.2) is 0 Å². The summed E-state index contributed by atoms with van der Waals surface area (Å²) in [6.07, 6.45) is 5.70. The SMILES string of the molecule is O[C@@H]1CCCN(c2ccnc(NCC3(COc4ccccc4)CC3)n2)C1. The zero-order chi connectivity index (χ0) is 17.8. The predicted molar refractivity (Wildman–Crippen MR) is 102 cm³/mol. The number of aliphatic hydroxyl groups excluding tert-OH is 1. The van der Waals surface area contributed by atoms with Crippen molar-refractivity contribution in [3.05, 3.63) is 42.6 Å². The normalized spacial score (nSPS) is 21.3. The average molecular weight is 354 g/mol. The Labute approximate surface area is 154 Å². The molecule has 1 aromatic heterocycles. The van der Waals surface area contributed by atoms with Gasteiger partial charge >= 0.3 is 0 Å². The monoisotopic (exact) mass is 354 g/mol. The number of anilines is 2. The maximum absolute atomic E-state index is 9.87. The molecule has 2 fully saturated rings. The molecule has 26 heavy (non-hydrogen) atoms. The fourth-order valence-electron chi connectivity index (χ4n) is 3.34. The topological polar surface area (TPSA) is 70.5 Å². The van der Waals surface area contributed by atoms with E-state index in [1.807, 2.05) is 36.4 Å². The van der Waals surface area contributed by atoms with Gasteiger partial charge in [0.25, 0.3) is 0 Å². The maximum Gasteiger partial charge on any atom is 0.224 e. The maximum atomic E-state index is 9.87. The summed E-state index contributed by atoms with van der Waals surface area (Å²) in [5.74, 6) is 2.45. The number of nitrogens with zero attached hydrogens (tertiary/aromatic N) is 3. The van der Waals surface area contributed by atoms with Gasteiger partial charge in [0, 0.05) is 31.2 Å². The summed E-state index contributed by atoms with van der Waals surface area (Å²) < 4.78 is 5.94. The summed E-state index contributed by atoms with van der Waals surface area (Å²) in [5, 5.41) is 13.2. The highest BCUT2D eigenvalue weighted by Crippen LogP contribution is 2.45. The summed E-state index contributed by atoms with van der Waals surface area (Å²) in [6.45, 7) is 3.10. The second-order valence-corrected chi connectivity index (χ2v) is 7.44. The Bertz CT molecular complexity index is 721. The minimum absolute atomic E-state index is 0.177. The minimum Gasteiger partial charge on any atom is -0.493 e. The van der Waals surface area contributed by atoms with Crippen molar-refractivity contribution in [3.8, 4) is 5.75 Å². The Morgan fingerprint density at radius 1 is 1.23 bits per heavy atom. The fourth-order valence-corrected chi connectivity index (χ4v) is 3.34. The minimum atomic E-state index is -0.264. The molecule has 0 bridgehead atoms. The highest BCUT2D eigenvalue weighted by molar-refractivity contribution is 5.43. The molecule has 1 aliphatic carbocycles. The number of piperidine rings is 1. The summed E-state index contributed by atoms with van der Waals surface area (Å²) in [4.78, 5) is 11.1. The molecule has 0 unspecified atom stereocenters. The number of benzene rings is 1. The summed E-state index contributed by atoms with van der Waals surface area (Å²) in [6, 6.07) is 11.9. The predicted octanol–water partition coefficient (Wildman–Crippen LogP) is 2.71. The standard InChI is InChI=1S/C20H26N4O2/c25-16-5-4-12-24(13-16)18-8-11-21-19(23-18)22-14-20(9-10-20)15-26-17-6-2-1-3-7-17/h1-3,6-8,11,16,25H,4-5,9-10,12-15H2,(H,21,22,23)/t16-/m1/s1. The van der Waals surface area contributed by atoms with Gasteiger partial charge in [0.2, 0.25) is 5.95 Å². The van der Waals surface area contributed by atoms with E-state index in [0.29, 0.717) is 19.1 Å². The van der Waals surface area contributed by atoms with Crippen molar-refractivity contribution in [1.29, 1.82) is 0 Å². The lowest BCUT2D eigenvalue weighted by atomic mass is 10.1. The van der Waals surface area contributed by atoms with Crippen molar-refractivity contribution in [2.75, 3.05) is 36.5 Å². The molecule has 4 rings (SSSR count). The number of aliphatic hydroxyl groups is 1. The van der Waals surface area contributed by atoms with Gasteiger partial charge in [0.1, 0.15) is 11.6 Å². The van der Waals surface area contributed by atoms with E-state index in [9.17, 15) is 5.11 Å². The van der Waals surface area contributed by atoms with Gasteiger partial charge in [-0.2, -0.15) is 4.98 Å². The first-order valence-corrected chi connectivity index (χ1v) is 9.40. The summed E-state index contributed by atoms with van der Waals surface area (Å²) >= 11 is 0. The van der Waals surface area contributed by atoms with Crippen LogP contribution < -0.4 is 15.0 Å². The van der Waals surface area contributed by atoms with Gasteiger partial charge in [-0.1, -0.05) is 18.2 Å². The van der Waals surface area contributed by atoms with Gasteiger partial charge in [-0.25, -0.2) is 4.98 Å². The lowest BCUT2D eigenvalue weighted by Crippen LogP contribution is -2.38. The molecule has 2 aromatic rings. The Morgan fingerprint density at radius 3 is 2.85 bits per heavy atom. The van der Waals surface area contributed by atoms with E-state index < -0.39 is 0 Å². The largest absolute Gasteiger partial charge is 0.493 e. The Balaban J connectivity index is 1.32. The lowest BCUT2D eigenvalue weighted by Gasteiger charge is -2.31. The van der Waals surface area contributed by atoms with Gasteiger partial charge in [0.05, 0.1) is 12.7 Å². The molecule has 0 radical (unpaired) electrons. The smallest absolute Gasteiger partial charge is 0.224 e. The van der Waals surface area contributed by atoms with E-state index >= 15 is 0 Å². The van der Waals surface area contributed by atoms with Gasteiger partial charge in [-0.05, 0) is 43.9 Å². The van der Waals surface area contributed by atoms with E-state index in [4.69, 9.17) is 4.74 Å². The van der Waals surface area contributed by atoms with E-state index in [2.05, 4.69) is 20.2 Å². The number of hydrogen-bond acceptors (Lipinski definition) is 6. The highest BCUT2D eigenvalue weighted by Gasteiger charge is 2.43. The number of hydrogen-bond donors (Lipinski definition) is 2. The van der Waals surface area contributed by atoms with Crippen molar-refractivity contribution in [3.63, 3.8) is 0 Å². The van der Waals surface area contributed by atoms with E-state index in [1.165, 1.54) is 0 Å². The van der Waals surface area contributed by atoms with Crippen molar-refractivity contribution >= 4 is 11.8 Å². The number of nitrogens with one attached hydrogen (secondary N) is 1. The van der Waals surface area contributed by atoms with Gasteiger partial charge < -0.3 is 20.1 Å². The number of rotatable bonds is 7. The van der Waals surface area contributed by atoms with E-state index in [1.54, 1.807) is 6.20 Å². The third kappa shape index (κ3) is 4.25. The second-order valence-electron chi connectivity index (χ2n) is 7.44. The molecule has 0 amide bonds.